The highest BCUT2D eigenvalue weighted by Crippen LogP contribution is 2.38. The lowest BCUT2D eigenvalue weighted by Gasteiger charge is -2.29. The van der Waals surface area contributed by atoms with Crippen molar-refractivity contribution in [1.29, 1.82) is 0 Å². The number of aryl methyl sites for hydroxylation is 1. The standard InChI is InChI=1S/C17H24N4O3/c1-21-10-13(8-20-21)7-19-11-17(5-15(22)16(23)6-17)12-24-14-3-2-4-18-9-14/h2-4,8-10,15-16,19,22-23H,5-7,11-12H2,1H3/t15-,16+,17?. The maximum atomic E-state index is 9.99. The van der Waals surface area contributed by atoms with Gasteiger partial charge < -0.3 is 20.3 Å². The van der Waals surface area contributed by atoms with Gasteiger partial charge in [-0.1, -0.05) is 0 Å². The van der Waals surface area contributed by atoms with E-state index in [9.17, 15) is 10.2 Å². The van der Waals surface area contributed by atoms with Crippen molar-refractivity contribution in [3.05, 3.63) is 42.5 Å². The quantitative estimate of drug-likeness (QED) is 0.683. The molecule has 1 fully saturated rings. The van der Waals surface area contributed by atoms with E-state index >= 15 is 0 Å². The molecule has 3 N–H and O–H groups in total. The van der Waals surface area contributed by atoms with Gasteiger partial charge in [0.15, 0.2) is 0 Å². The minimum absolute atomic E-state index is 0.309. The van der Waals surface area contributed by atoms with Crippen LogP contribution in [0.1, 0.15) is 18.4 Å². The number of hydrogen-bond donors (Lipinski definition) is 3. The Bertz CT molecular complexity index is 636. The van der Waals surface area contributed by atoms with E-state index in [-0.39, 0.29) is 5.41 Å². The molecule has 1 unspecified atom stereocenters. The van der Waals surface area contributed by atoms with E-state index in [0.29, 0.717) is 38.3 Å². The van der Waals surface area contributed by atoms with Gasteiger partial charge in [0, 0.05) is 43.5 Å². The number of aliphatic hydroxyl groups is 2. The molecule has 2 aromatic rings. The highest BCUT2D eigenvalue weighted by Gasteiger charge is 2.44. The summed E-state index contributed by atoms with van der Waals surface area (Å²) in [4.78, 5) is 4.04. The summed E-state index contributed by atoms with van der Waals surface area (Å²) in [5.41, 5.74) is 0.789. The highest BCUT2D eigenvalue weighted by atomic mass is 16.5. The number of ether oxygens (including phenoxy) is 1. The molecular weight excluding hydrogens is 308 g/mol. The van der Waals surface area contributed by atoms with Crippen LogP contribution in [-0.2, 0) is 13.6 Å². The first-order valence-corrected chi connectivity index (χ1v) is 8.14. The Morgan fingerprint density at radius 2 is 2.12 bits per heavy atom. The molecule has 1 saturated carbocycles. The second-order valence-electron chi connectivity index (χ2n) is 6.65. The Balaban J connectivity index is 1.60. The fraction of sp³-hybridized carbons (Fsp3) is 0.529. The van der Waals surface area contributed by atoms with Crippen LogP contribution in [-0.4, -0.2) is 50.3 Å². The van der Waals surface area contributed by atoms with E-state index in [2.05, 4.69) is 15.4 Å². The fourth-order valence-electron chi connectivity index (χ4n) is 3.26. The Hall–Kier alpha value is -1.96. The van der Waals surface area contributed by atoms with Gasteiger partial charge in [-0.25, -0.2) is 0 Å². The smallest absolute Gasteiger partial charge is 0.137 e. The van der Waals surface area contributed by atoms with E-state index in [1.165, 1.54) is 0 Å². The lowest BCUT2D eigenvalue weighted by molar-refractivity contribution is 0.0438. The summed E-state index contributed by atoms with van der Waals surface area (Å²) >= 11 is 0. The number of nitrogens with one attached hydrogen (secondary N) is 1. The summed E-state index contributed by atoms with van der Waals surface area (Å²) in [5, 5.41) is 27.5. The van der Waals surface area contributed by atoms with Crippen LogP contribution < -0.4 is 10.1 Å². The Labute approximate surface area is 141 Å². The molecule has 24 heavy (non-hydrogen) atoms. The van der Waals surface area contributed by atoms with Crippen LogP contribution in [0.4, 0.5) is 0 Å². The van der Waals surface area contributed by atoms with Crippen LogP contribution in [0.3, 0.4) is 0 Å². The molecule has 1 aliphatic carbocycles. The predicted octanol–water partition coefficient (Wildman–Crippen LogP) is 0.486. The molecule has 3 atom stereocenters. The van der Waals surface area contributed by atoms with Gasteiger partial charge in [-0.3, -0.25) is 9.67 Å². The molecule has 0 radical (unpaired) electrons. The van der Waals surface area contributed by atoms with Crippen molar-refractivity contribution in [1.82, 2.24) is 20.1 Å². The SMILES string of the molecule is Cn1cc(CNCC2(COc3cccnc3)C[C@@H](O)[C@@H](O)C2)cn1. The van der Waals surface area contributed by atoms with Crippen LogP contribution >= 0.6 is 0 Å². The first-order chi connectivity index (χ1) is 11.6. The second kappa shape index (κ2) is 7.29. The molecule has 130 valence electrons. The van der Waals surface area contributed by atoms with Crippen LogP contribution in [0.15, 0.2) is 36.9 Å². The molecule has 3 rings (SSSR count). The van der Waals surface area contributed by atoms with Crippen molar-refractivity contribution >= 4 is 0 Å². The van der Waals surface area contributed by atoms with Crippen molar-refractivity contribution in [2.45, 2.75) is 31.6 Å². The third kappa shape index (κ3) is 4.11. The van der Waals surface area contributed by atoms with Crippen molar-refractivity contribution < 1.29 is 14.9 Å². The largest absolute Gasteiger partial charge is 0.491 e. The fourth-order valence-corrected chi connectivity index (χ4v) is 3.26. The van der Waals surface area contributed by atoms with E-state index in [0.717, 1.165) is 5.56 Å². The number of rotatable bonds is 7. The lowest BCUT2D eigenvalue weighted by atomic mass is 9.86. The summed E-state index contributed by atoms with van der Waals surface area (Å²) < 4.78 is 7.62. The van der Waals surface area contributed by atoms with Gasteiger partial charge in [-0.2, -0.15) is 5.10 Å². The summed E-state index contributed by atoms with van der Waals surface area (Å²) in [6.07, 6.45) is 6.75. The van der Waals surface area contributed by atoms with E-state index in [1.54, 1.807) is 17.1 Å². The average Bonchev–Trinajstić information content (AvgIpc) is 3.11. The van der Waals surface area contributed by atoms with Crippen LogP contribution in [0.25, 0.3) is 0 Å². The van der Waals surface area contributed by atoms with Crippen molar-refractivity contribution in [2.75, 3.05) is 13.2 Å². The number of aromatic nitrogens is 3. The zero-order valence-corrected chi connectivity index (χ0v) is 13.8. The van der Waals surface area contributed by atoms with E-state index in [4.69, 9.17) is 4.74 Å². The average molecular weight is 332 g/mol. The first kappa shape index (κ1) is 16.9. The highest BCUT2D eigenvalue weighted by molar-refractivity contribution is 5.16. The third-order valence-electron chi connectivity index (χ3n) is 4.50. The summed E-state index contributed by atoms with van der Waals surface area (Å²) in [7, 11) is 1.89. The number of hydrogen-bond acceptors (Lipinski definition) is 6. The topological polar surface area (TPSA) is 92.4 Å². The summed E-state index contributed by atoms with van der Waals surface area (Å²) in [5.74, 6) is 0.694. The molecule has 7 nitrogen and oxygen atoms in total. The second-order valence-corrected chi connectivity index (χ2v) is 6.65. The maximum Gasteiger partial charge on any atom is 0.137 e. The van der Waals surface area contributed by atoms with Crippen LogP contribution in [0.2, 0.25) is 0 Å². The van der Waals surface area contributed by atoms with Gasteiger partial charge in [0.25, 0.3) is 0 Å². The zero-order valence-electron chi connectivity index (χ0n) is 13.8. The van der Waals surface area contributed by atoms with Gasteiger partial charge in [-0.15, -0.1) is 0 Å². The molecule has 2 heterocycles. The normalized spacial score (nSPS) is 26.6. The lowest BCUT2D eigenvalue weighted by Crippen LogP contribution is -2.37. The Kier molecular flexibility index (Phi) is 5.13. The molecule has 0 aliphatic heterocycles. The first-order valence-electron chi connectivity index (χ1n) is 8.14. The summed E-state index contributed by atoms with van der Waals surface area (Å²) in [6.45, 7) is 1.76. The molecule has 0 saturated heterocycles. The molecule has 0 amide bonds. The van der Waals surface area contributed by atoms with Gasteiger partial charge in [-0.05, 0) is 25.0 Å². The number of aliphatic hydroxyl groups excluding tert-OH is 2. The van der Waals surface area contributed by atoms with Gasteiger partial charge in [0.2, 0.25) is 0 Å². The monoisotopic (exact) mass is 332 g/mol. The molecular formula is C17H24N4O3. The Morgan fingerprint density at radius 3 is 2.75 bits per heavy atom. The van der Waals surface area contributed by atoms with Crippen LogP contribution in [0, 0.1) is 5.41 Å². The van der Waals surface area contributed by atoms with E-state index < -0.39 is 12.2 Å². The molecule has 0 bridgehead atoms. The van der Waals surface area contributed by atoms with Gasteiger partial charge in [0.05, 0.1) is 31.2 Å². The molecule has 1 aliphatic rings. The summed E-state index contributed by atoms with van der Waals surface area (Å²) in [6, 6.07) is 3.67. The van der Waals surface area contributed by atoms with Crippen molar-refractivity contribution in [3.63, 3.8) is 0 Å². The zero-order chi connectivity index (χ0) is 17.0. The van der Waals surface area contributed by atoms with Gasteiger partial charge >= 0.3 is 0 Å². The predicted molar refractivity (Wildman–Crippen MR) is 88.3 cm³/mol. The van der Waals surface area contributed by atoms with Gasteiger partial charge in [0.1, 0.15) is 5.75 Å². The minimum atomic E-state index is -0.706. The molecule has 2 aromatic heterocycles. The number of nitrogens with zero attached hydrogens (tertiary/aromatic N) is 3. The number of pyridine rings is 1. The molecule has 7 heteroatoms. The maximum absolute atomic E-state index is 9.99. The van der Waals surface area contributed by atoms with Crippen LogP contribution in [0.5, 0.6) is 5.75 Å². The molecule has 0 aromatic carbocycles. The van der Waals surface area contributed by atoms with E-state index in [1.807, 2.05) is 31.6 Å². The molecule has 0 spiro atoms. The van der Waals surface area contributed by atoms with Crippen molar-refractivity contribution in [3.8, 4) is 5.75 Å². The van der Waals surface area contributed by atoms with Crippen molar-refractivity contribution in [2.24, 2.45) is 12.5 Å². The minimum Gasteiger partial charge on any atom is -0.491 e. The third-order valence-corrected chi connectivity index (χ3v) is 4.50. The Morgan fingerprint density at radius 1 is 1.33 bits per heavy atom.